The first-order valence-corrected chi connectivity index (χ1v) is 5.43. The van der Waals surface area contributed by atoms with E-state index in [4.69, 9.17) is 4.74 Å². The van der Waals surface area contributed by atoms with Gasteiger partial charge in [0.2, 0.25) is 5.91 Å². The fourth-order valence-electron chi connectivity index (χ4n) is 1.61. The Morgan fingerprint density at radius 1 is 1.50 bits per heavy atom. The second kappa shape index (κ2) is 5.65. The molecule has 1 aromatic rings. The molecule has 0 saturated carbocycles. The third-order valence-electron chi connectivity index (χ3n) is 2.36. The van der Waals surface area contributed by atoms with Crippen molar-refractivity contribution in [3.05, 3.63) is 11.4 Å². The van der Waals surface area contributed by atoms with E-state index < -0.39 is 0 Å². The van der Waals surface area contributed by atoms with E-state index in [0.29, 0.717) is 0 Å². The van der Waals surface area contributed by atoms with E-state index in [9.17, 15) is 4.79 Å². The number of aromatic nitrogens is 2. The summed E-state index contributed by atoms with van der Waals surface area (Å²) in [7, 11) is 1.50. The summed E-state index contributed by atoms with van der Waals surface area (Å²) in [6.07, 6.45) is 1.02. The molecule has 1 aromatic heterocycles. The van der Waals surface area contributed by atoms with Crippen molar-refractivity contribution in [1.82, 2.24) is 9.78 Å². The maximum Gasteiger partial charge on any atom is 0.250 e. The number of hydrogen-bond acceptors (Lipinski definition) is 3. The number of amides is 1. The minimum atomic E-state index is -0.148. The summed E-state index contributed by atoms with van der Waals surface area (Å²) < 4.78 is 6.69. The first-order chi connectivity index (χ1) is 7.60. The van der Waals surface area contributed by atoms with Crippen LogP contribution in [0.4, 0.5) is 5.69 Å². The molecule has 0 atom stereocenters. The molecule has 0 bridgehead atoms. The molecule has 90 valence electrons. The van der Waals surface area contributed by atoms with Crippen LogP contribution < -0.4 is 5.32 Å². The molecule has 1 amide bonds. The van der Waals surface area contributed by atoms with Gasteiger partial charge in [-0.1, -0.05) is 6.92 Å². The number of nitrogens with zero attached hydrogens (tertiary/aromatic N) is 2. The van der Waals surface area contributed by atoms with Crippen molar-refractivity contribution in [1.29, 1.82) is 0 Å². The summed E-state index contributed by atoms with van der Waals surface area (Å²) in [5.74, 6) is -0.148. The number of carbonyl (C=O) groups is 1. The van der Waals surface area contributed by atoms with Gasteiger partial charge in [0.1, 0.15) is 6.61 Å². The number of methoxy groups -OCH3 is 1. The predicted octanol–water partition coefficient (Wildman–Crippen LogP) is 1.49. The van der Waals surface area contributed by atoms with Crippen molar-refractivity contribution in [3.63, 3.8) is 0 Å². The topological polar surface area (TPSA) is 56.2 Å². The zero-order chi connectivity index (χ0) is 12.1. The molecule has 0 spiro atoms. The lowest BCUT2D eigenvalue weighted by atomic mass is 10.3. The van der Waals surface area contributed by atoms with Crippen molar-refractivity contribution in [2.24, 2.45) is 0 Å². The van der Waals surface area contributed by atoms with E-state index in [1.165, 1.54) is 7.11 Å². The molecule has 1 N–H and O–H groups in total. The number of hydrogen-bond donors (Lipinski definition) is 1. The quantitative estimate of drug-likeness (QED) is 0.826. The van der Waals surface area contributed by atoms with Crippen molar-refractivity contribution in [3.8, 4) is 0 Å². The second-order valence-corrected chi connectivity index (χ2v) is 3.75. The molecule has 0 aromatic carbocycles. The normalized spacial score (nSPS) is 10.5. The van der Waals surface area contributed by atoms with E-state index >= 15 is 0 Å². The zero-order valence-corrected chi connectivity index (χ0v) is 10.3. The van der Waals surface area contributed by atoms with Gasteiger partial charge in [-0.15, -0.1) is 0 Å². The third kappa shape index (κ3) is 2.82. The molecule has 0 radical (unpaired) electrons. The predicted molar refractivity (Wildman–Crippen MR) is 62.5 cm³/mol. The summed E-state index contributed by atoms with van der Waals surface area (Å²) >= 11 is 0. The monoisotopic (exact) mass is 225 g/mol. The maximum absolute atomic E-state index is 11.4. The van der Waals surface area contributed by atoms with Crippen molar-refractivity contribution < 1.29 is 9.53 Å². The summed E-state index contributed by atoms with van der Waals surface area (Å²) in [5.41, 5.74) is 2.63. The van der Waals surface area contributed by atoms with Crippen LogP contribution in [0.15, 0.2) is 0 Å². The smallest absolute Gasteiger partial charge is 0.250 e. The van der Waals surface area contributed by atoms with Gasteiger partial charge in [-0.2, -0.15) is 5.10 Å². The van der Waals surface area contributed by atoms with Crippen LogP contribution in [0.5, 0.6) is 0 Å². The Morgan fingerprint density at radius 3 is 2.75 bits per heavy atom. The lowest BCUT2D eigenvalue weighted by Crippen LogP contribution is -2.18. The molecule has 0 fully saturated rings. The van der Waals surface area contributed by atoms with E-state index in [0.717, 1.165) is 30.0 Å². The number of aryl methyl sites for hydroxylation is 2. The minimum Gasteiger partial charge on any atom is -0.375 e. The number of nitrogens with one attached hydrogen (secondary N) is 1. The molecule has 0 unspecified atom stereocenters. The van der Waals surface area contributed by atoms with Crippen LogP contribution >= 0.6 is 0 Å². The zero-order valence-electron chi connectivity index (χ0n) is 10.3. The average molecular weight is 225 g/mol. The Kier molecular flexibility index (Phi) is 4.49. The highest BCUT2D eigenvalue weighted by atomic mass is 16.5. The summed E-state index contributed by atoms with van der Waals surface area (Å²) in [6, 6.07) is 0. The van der Waals surface area contributed by atoms with Crippen LogP contribution in [0, 0.1) is 13.8 Å². The van der Waals surface area contributed by atoms with E-state index in [1.807, 2.05) is 18.5 Å². The van der Waals surface area contributed by atoms with Crippen LogP contribution in [0.1, 0.15) is 24.7 Å². The Hall–Kier alpha value is -1.36. The highest BCUT2D eigenvalue weighted by Crippen LogP contribution is 2.19. The second-order valence-electron chi connectivity index (χ2n) is 3.75. The van der Waals surface area contributed by atoms with Gasteiger partial charge < -0.3 is 10.1 Å². The molecule has 16 heavy (non-hydrogen) atoms. The highest BCUT2D eigenvalue weighted by molar-refractivity contribution is 5.92. The van der Waals surface area contributed by atoms with E-state index in [1.54, 1.807) is 0 Å². The lowest BCUT2D eigenvalue weighted by Gasteiger charge is -2.05. The van der Waals surface area contributed by atoms with Gasteiger partial charge in [-0.05, 0) is 20.3 Å². The Balaban J connectivity index is 2.83. The average Bonchev–Trinajstić information content (AvgIpc) is 2.47. The Labute approximate surface area is 95.8 Å². The van der Waals surface area contributed by atoms with Crippen molar-refractivity contribution in [2.45, 2.75) is 33.7 Å². The molecular formula is C11H19N3O2. The molecule has 1 rings (SSSR count). The molecular weight excluding hydrogens is 206 g/mol. The van der Waals surface area contributed by atoms with Gasteiger partial charge in [0, 0.05) is 13.7 Å². The van der Waals surface area contributed by atoms with E-state index in [-0.39, 0.29) is 12.5 Å². The van der Waals surface area contributed by atoms with Gasteiger partial charge in [0.25, 0.3) is 0 Å². The van der Waals surface area contributed by atoms with Gasteiger partial charge in [-0.3, -0.25) is 9.48 Å². The molecule has 1 heterocycles. The summed E-state index contributed by atoms with van der Waals surface area (Å²) in [5, 5.41) is 7.19. The van der Waals surface area contributed by atoms with Gasteiger partial charge >= 0.3 is 0 Å². The number of anilines is 1. The largest absolute Gasteiger partial charge is 0.375 e. The molecule has 5 nitrogen and oxygen atoms in total. The standard InChI is InChI=1S/C11H19N3O2/c1-5-6-14-9(3)11(8(2)13-14)12-10(15)7-16-4/h5-7H2,1-4H3,(H,12,15). The van der Waals surface area contributed by atoms with Crippen LogP contribution in [-0.4, -0.2) is 29.4 Å². The number of rotatable bonds is 5. The fraction of sp³-hybridized carbons (Fsp3) is 0.636. The van der Waals surface area contributed by atoms with Gasteiger partial charge in [0.05, 0.1) is 17.1 Å². The molecule has 0 saturated heterocycles. The fourth-order valence-corrected chi connectivity index (χ4v) is 1.61. The molecule has 0 aliphatic carbocycles. The van der Waals surface area contributed by atoms with Gasteiger partial charge in [-0.25, -0.2) is 0 Å². The molecule has 5 heteroatoms. The maximum atomic E-state index is 11.4. The lowest BCUT2D eigenvalue weighted by molar-refractivity contribution is -0.119. The van der Waals surface area contributed by atoms with Crippen molar-refractivity contribution >= 4 is 11.6 Å². The number of ether oxygens (including phenoxy) is 1. The molecule has 0 aliphatic rings. The van der Waals surface area contributed by atoms with Crippen LogP contribution in [-0.2, 0) is 16.1 Å². The third-order valence-corrected chi connectivity index (χ3v) is 2.36. The number of carbonyl (C=O) groups excluding carboxylic acids is 1. The van der Waals surface area contributed by atoms with Gasteiger partial charge in [0.15, 0.2) is 0 Å². The highest BCUT2D eigenvalue weighted by Gasteiger charge is 2.13. The van der Waals surface area contributed by atoms with Crippen LogP contribution in [0.2, 0.25) is 0 Å². The van der Waals surface area contributed by atoms with Crippen LogP contribution in [0.3, 0.4) is 0 Å². The summed E-state index contributed by atoms with van der Waals surface area (Å²) in [6.45, 7) is 6.88. The summed E-state index contributed by atoms with van der Waals surface area (Å²) in [4.78, 5) is 11.4. The van der Waals surface area contributed by atoms with E-state index in [2.05, 4.69) is 17.3 Å². The first kappa shape index (κ1) is 12.7. The minimum absolute atomic E-state index is 0.0673. The Morgan fingerprint density at radius 2 is 2.19 bits per heavy atom. The SMILES string of the molecule is CCCn1nc(C)c(NC(=O)COC)c1C. The first-order valence-electron chi connectivity index (χ1n) is 5.43. The van der Waals surface area contributed by atoms with Crippen LogP contribution in [0.25, 0.3) is 0 Å². The molecule has 0 aliphatic heterocycles. The van der Waals surface area contributed by atoms with Crippen molar-refractivity contribution in [2.75, 3.05) is 19.0 Å². The Bertz CT molecular complexity index is 372.